The molecule has 0 nitrogen and oxygen atoms in total. The van der Waals surface area contributed by atoms with Crippen LogP contribution in [-0.2, 0) is 0 Å². The van der Waals surface area contributed by atoms with Crippen LogP contribution in [0.25, 0.3) is 0 Å². The van der Waals surface area contributed by atoms with Gasteiger partial charge >= 0.3 is 0 Å². The van der Waals surface area contributed by atoms with E-state index < -0.39 is 0 Å². The van der Waals surface area contributed by atoms with Crippen LogP contribution in [0.4, 0.5) is 0 Å². The molecule has 1 fully saturated rings. The van der Waals surface area contributed by atoms with Crippen molar-refractivity contribution in [1.82, 2.24) is 0 Å². The summed E-state index contributed by atoms with van der Waals surface area (Å²) >= 11 is 0. The quantitative estimate of drug-likeness (QED) is 0.562. The molecular formula is C14H24. The van der Waals surface area contributed by atoms with Crippen molar-refractivity contribution in [3.05, 3.63) is 24.3 Å². The van der Waals surface area contributed by atoms with Crippen LogP contribution in [0.15, 0.2) is 24.3 Å². The van der Waals surface area contributed by atoms with Crippen LogP contribution in [-0.4, -0.2) is 0 Å². The maximum Gasteiger partial charge on any atom is -0.00896 e. The van der Waals surface area contributed by atoms with Gasteiger partial charge in [-0.1, -0.05) is 52.0 Å². The molecule has 0 radical (unpaired) electrons. The summed E-state index contributed by atoms with van der Waals surface area (Å²) in [4.78, 5) is 0. The third-order valence-electron chi connectivity index (χ3n) is 4.57. The average Bonchev–Trinajstić information content (AvgIpc) is 2.31. The minimum atomic E-state index is 0.381. The van der Waals surface area contributed by atoms with E-state index in [0.29, 0.717) is 10.8 Å². The Morgan fingerprint density at radius 1 is 1.14 bits per heavy atom. The summed E-state index contributed by atoms with van der Waals surface area (Å²) in [5, 5.41) is 0. The molecule has 0 aromatic heterocycles. The van der Waals surface area contributed by atoms with Gasteiger partial charge in [-0.2, -0.15) is 0 Å². The van der Waals surface area contributed by atoms with E-state index in [0.717, 1.165) is 5.92 Å². The van der Waals surface area contributed by atoms with E-state index >= 15 is 0 Å². The largest absolute Gasteiger partial charge is 0.0877 e. The van der Waals surface area contributed by atoms with Crippen LogP contribution >= 0.6 is 0 Å². The molecule has 2 atom stereocenters. The lowest BCUT2D eigenvalue weighted by Crippen LogP contribution is -2.31. The lowest BCUT2D eigenvalue weighted by Gasteiger charge is -2.38. The number of hydrogen-bond acceptors (Lipinski definition) is 0. The Labute approximate surface area is 89.1 Å². The first-order valence-corrected chi connectivity index (χ1v) is 5.74. The Kier molecular flexibility index (Phi) is 3.24. The van der Waals surface area contributed by atoms with Crippen molar-refractivity contribution in [3.63, 3.8) is 0 Å². The van der Waals surface area contributed by atoms with Crippen LogP contribution in [0.2, 0.25) is 0 Å². The Morgan fingerprint density at radius 2 is 1.79 bits per heavy atom. The van der Waals surface area contributed by atoms with Crippen LogP contribution < -0.4 is 0 Å². The van der Waals surface area contributed by atoms with Gasteiger partial charge in [-0.15, -0.1) is 0 Å². The number of hydrogen-bond donors (Lipinski definition) is 0. The van der Waals surface area contributed by atoms with Crippen LogP contribution in [0.5, 0.6) is 0 Å². The summed E-state index contributed by atoms with van der Waals surface area (Å²) in [7, 11) is 0. The molecule has 0 aliphatic heterocycles. The standard InChI is InChI=1S/C14H24/c1-6-7-8-10-14(5)11-9-12(2)13(14,3)4/h6-8,10,12H,9,11H2,1-5H3. The lowest BCUT2D eigenvalue weighted by molar-refractivity contribution is 0.145. The Morgan fingerprint density at radius 3 is 2.21 bits per heavy atom. The van der Waals surface area contributed by atoms with E-state index in [-0.39, 0.29) is 0 Å². The van der Waals surface area contributed by atoms with Gasteiger partial charge in [0.1, 0.15) is 0 Å². The summed E-state index contributed by atoms with van der Waals surface area (Å²) in [6, 6.07) is 0. The zero-order valence-electron chi connectivity index (χ0n) is 10.3. The molecule has 0 amide bonds. The third kappa shape index (κ3) is 1.80. The Hall–Kier alpha value is -0.520. The Balaban J connectivity index is 2.84. The van der Waals surface area contributed by atoms with Gasteiger partial charge in [-0.3, -0.25) is 0 Å². The van der Waals surface area contributed by atoms with E-state index in [1.165, 1.54) is 12.8 Å². The number of rotatable bonds is 2. The summed E-state index contributed by atoms with van der Waals surface area (Å²) in [5.74, 6) is 0.836. The fourth-order valence-electron chi connectivity index (χ4n) is 2.44. The van der Waals surface area contributed by atoms with Gasteiger partial charge in [-0.25, -0.2) is 0 Å². The van der Waals surface area contributed by atoms with Gasteiger partial charge in [0, 0.05) is 0 Å². The first-order valence-electron chi connectivity index (χ1n) is 5.74. The van der Waals surface area contributed by atoms with Gasteiger partial charge in [-0.05, 0) is 36.5 Å². The molecule has 0 N–H and O–H groups in total. The zero-order valence-corrected chi connectivity index (χ0v) is 10.3. The van der Waals surface area contributed by atoms with E-state index in [4.69, 9.17) is 0 Å². The smallest absolute Gasteiger partial charge is 0.00896 e. The minimum Gasteiger partial charge on any atom is -0.0877 e. The maximum atomic E-state index is 2.41. The van der Waals surface area contributed by atoms with Crippen molar-refractivity contribution in [3.8, 4) is 0 Å². The molecule has 0 heteroatoms. The fraction of sp³-hybridized carbons (Fsp3) is 0.714. The molecule has 80 valence electrons. The minimum absolute atomic E-state index is 0.381. The highest BCUT2D eigenvalue weighted by molar-refractivity contribution is 5.14. The fourth-order valence-corrected chi connectivity index (χ4v) is 2.44. The molecule has 14 heavy (non-hydrogen) atoms. The van der Waals surface area contributed by atoms with Gasteiger partial charge in [0.15, 0.2) is 0 Å². The molecule has 1 saturated carbocycles. The molecule has 0 saturated heterocycles. The highest BCUT2D eigenvalue weighted by Gasteiger charge is 2.47. The molecule has 0 aromatic carbocycles. The average molecular weight is 192 g/mol. The summed E-state index contributed by atoms with van der Waals surface area (Å²) in [6.07, 6.45) is 11.5. The molecule has 1 aliphatic carbocycles. The van der Waals surface area contributed by atoms with Gasteiger partial charge < -0.3 is 0 Å². The normalized spacial score (nSPS) is 37.4. The SMILES string of the molecule is CC=CC=CC1(C)CCC(C)C1(C)C. The second-order valence-corrected chi connectivity index (χ2v) is 5.46. The van der Waals surface area contributed by atoms with E-state index in [2.05, 4.69) is 58.9 Å². The first kappa shape index (κ1) is 11.6. The second-order valence-electron chi connectivity index (χ2n) is 5.46. The molecule has 0 bridgehead atoms. The van der Waals surface area contributed by atoms with Crippen molar-refractivity contribution in [1.29, 1.82) is 0 Å². The van der Waals surface area contributed by atoms with Gasteiger partial charge in [0.25, 0.3) is 0 Å². The monoisotopic (exact) mass is 192 g/mol. The van der Waals surface area contributed by atoms with Crippen LogP contribution in [0.3, 0.4) is 0 Å². The second kappa shape index (κ2) is 3.92. The summed E-state index contributed by atoms with van der Waals surface area (Å²) < 4.78 is 0. The first-order chi connectivity index (χ1) is 6.44. The Bertz CT molecular complexity index is 245. The van der Waals surface area contributed by atoms with Crippen molar-refractivity contribution in [2.24, 2.45) is 16.7 Å². The van der Waals surface area contributed by atoms with Crippen molar-refractivity contribution in [2.75, 3.05) is 0 Å². The zero-order chi connectivity index (χ0) is 10.8. The van der Waals surface area contributed by atoms with Crippen LogP contribution in [0, 0.1) is 16.7 Å². The molecule has 0 spiro atoms. The highest BCUT2D eigenvalue weighted by Crippen LogP contribution is 2.56. The topological polar surface area (TPSA) is 0 Å². The van der Waals surface area contributed by atoms with Crippen molar-refractivity contribution < 1.29 is 0 Å². The number of allylic oxidation sites excluding steroid dienone is 4. The molecule has 1 aliphatic rings. The predicted octanol–water partition coefficient (Wildman–Crippen LogP) is 4.58. The summed E-state index contributed by atoms with van der Waals surface area (Å²) in [6.45, 7) is 11.7. The van der Waals surface area contributed by atoms with E-state index in [1.807, 2.05) is 0 Å². The molecule has 0 heterocycles. The molecule has 2 unspecified atom stereocenters. The lowest BCUT2D eigenvalue weighted by atomic mass is 9.66. The third-order valence-corrected chi connectivity index (χ3v) is 4.57. The van der Waals surface area contributed by atoms with E-state index in [9.17, 15) is 0 Å². The highest BCUT2D eigenvalue weighted by atomic mass is 14.5. The predicted molar refractivity (Wildman–Crippen MR) is 64.2 cm³/mol. The molecule has 0 aromatic rings. The molecular weight excluding hydrogens is 168 g/mol. The van der Waals surface area contributed by atoms with E-state index in [1.54, 1.807) is 0 Å². The summed E-state index contributed by atoms with van der Waals surface area (Å²) in [5.41, 5.74) is 0.816. The van der Waals surface area contributed by atoms with Crippen molar-refractivity contribution in [2.45, 2.75) is 47.5 Å². The van der Waals surface area contributed by atoms with Crippen LogP contribution in [0.1, 0.15) is 47.5 Å². The van der Waals surface area contributed by atoms with Gasteiger partial charge in [0.05, 0.1) is 0 Å². The van der Waals surface area contributed by atoms with Gasteiger partial charge in [0.2, 0.25) is 0 Å². The molecule has 1 rings (SSSR count). The maximum absolute atomic E-state index is 2.41. The van der Waals surface area contributed by atoms with Crippen molar-refractivity contribution >= 4 is 0 Å².